The third-order valence-electron chi connectivity index (χ3n) is 2.80. The van der Waals surface area contributed by atoms with Crippen molar-refractivity contribution >= 4 is 19.2 Å². The van der Waals surface area contributed by atoms with Crippen molar-refractivity contribution in [2.24, 2.45) is 0 Å². The molecule has 1 unspecified atom stereocenters. The van der Waals surface area contributed by atoms with E-state index >= 15 is 0 Å². The molecule has 1 heterocycles. The van der Waals surface area contributed by atoms with E-state index in [-0.39, 0.29) is 12.6 Å². The fraction of sp³-hybridized carbons (Fsp3) is 0.143. The number of benzene rings is 1. The first-order valence-corrected chi connectivity index (χ1v) is 8.09. The Kier molecular flexibility index (Phi) is 4.73. The van der Waals surface area contributed by atoms with Gasteiger partial charge in [-0.15, -0.1) is 0 Å². The van der Waals surface area contributed by atoms with Gasteiger partial charge in [0.05, 0.1) is 12.6 Å². The zero-order valence-corrected chi connectivity index (χ0v) is 12.0. The molecule has 0 saturated heterocycles. The Bertz CT molecular complexity index is 676. The van der Waals surface area contributed by atoms with Crippen molar-refractivity contribution in [3.63, 3.8) is 0 Å². The molecule has 1 aromatic carbocycles. The standard InChI is InChI=1S/C14H15N2O4P/c17-14(18)9-12-3-1-2-4-13(12)16-21(19,20)10-11-5-7-15-8-6-11/h1-8H,9-10H2,(H,17,18)(H2,16,19,20). The summed E-state index contributed by atoms with van der Waals surface area (Å²) < 4.78 is 12.3. The van der Waals surface area contributed by atoms with Crippen molar-refractivity contribution in [2.45, 2.75) is 12.6 Å². The van der Waals surface area contributed by atoms with Crippen LogP contribution in [0.5, 0.6) is 0 Å². The molecule has 3 N–H and O–H groups in total. The zero-order valence-electron chi connectivity index (χ0n) is 11.1. The Morgan fingerprint density at radius 2 is 1.86 bits per heavy atom. The normalized spacial score (nSPS) is 13.4. The van der Waals surface area contributed by atoms with Gasteiger partial charge in [0, 0.05) is 18.1 Å². The Morgan fingerprint density at radius 3 is 2.52 bits per heavy atom. The molecule has 0 aliphatic carbocycles. The van der Waals surface area contributed by atoms with Crippen LogP contribution < -0.4 is 5.09 Å². The molecule has 1 aromatic heterocycles. The van der Waals surface area contributed by atoms with Crippen molar-refractivity contribution in [3.8, 4) is 0 Å². The maximum Gasteiger partial charge on any atom is 0.307 e. The summed E-state index contributed by atoms with van der Waals surface area (Å²) in [5, 5.41) is 11.4. The monoisotopic (exact) mass is 306 g/mol. The molecule has 0 aliphatic heterocycles. The number of carboxylic acids is 1. The number of hydrogen-bond acceptors (Lipinski definition) is 3. The van der Waals surface area contributed by atoms with E-state index in [9.17, 15) is 14.3 Å². The molecular weight excluding hydrogens is 291 g/mol. The van der Waals surface area contributed by atoms with Crippen molar-refractivity contribution in [1.82, 2.24) is 4.98 Å². The van der Waals surface area contributed by atoms with Gasteiger partial charge in [-0.25, -0.2) is 0 Å². The van der Waals surface area contributed by atoms with E-state index in [2.05, 4.69) is 10.1 Å². The molecule has 0 saturated carbocycles. The Hall–Kier alpha value is -2.17. The Morgan fingerprint density at radius 1 is 1.19 bits per heavy atom. The van der Waals surface area contributed by atoms with Crippen molar-refractivity contribution < 1.29 is 19.4 Å². The summed E-state index contributed by atoms with van der Waals surface area (Å²) in [6.07, 6.45) is 2.83. The molecule has 0 aliphatic rings. The molecule has 6 nitrogen and oxygen atoms in total. The number of aliphatic carboxylic acids is 1. The summed E-state index contributed by atoms with van der Waals surface area (Å²) in [7, 11) is -3.68. The molecule has 21 heavy (non-hydrogen) atoms. The highest BCUT2D eigenvalue weighted by atomic mass is 31.2. The molecule has 0 fully saturated rings. The smallest absolute Gasteiger partial charge is 0.307 e. The number of carbonyl (C=O) groups is 1. The number of carboxylic acid groups (broad SMARTS) is 1. The second kappa shape index (κ2) is 6.52. The highest BCUT2D eigenvalue weighted by Gasteiger charge is 2.20. The minimum absolute atomic E-state index is 0.0586. The fourth-order valence-electron chi connectivity index (χ4n) is 1.91. The Labute approximate surface area is 122 Å². The van der Waals surface area contributed by atoms with Gasteiger partial charge in [0.1, 0.15) is 0 Å². The SMILES string of the molecule is O=C(O)Cc1ccccc1NP(=O)(O)Cc1ccncc1. The first-order chi connectivity index (χ1) is 9.96. The number of aromatic nitrogens is 1. The van der Waals surface area contributed by atoms with Gasteiger partial charge >= 0.3 is 5.97 Å². The van der Waals surface area contributed by atoms with E-state index in [1.54, 1.807) is 48.8 Å². The lowest BCUT2D eigenvalue weighted by Crippen LogP contribution is -2.06. The lowest BCUT2D eigenvalue weighted by Gasteiger charge is -2.16. The summed E-state index contributed by atoms with van der Waals surface area (Å²) in [5.74, 6) is -0.994. The van der Waals surface area contributed by atoms with Crippen molar-refractivity contribution in [1.29, 1.82) is 0 Å². The molecule has 0 bridgehead atoms. The summed E-state index contributed by atoms with van der Waals surface area (Å²) in [4.78, 5) is 24.7. The van der Waals surface area contributed by atoms with Crippen LogP contribution in [0.15, 0.2) is 48.8 Å². The molecule has 110 valence electrons. The quantitative estimate of drug-likeness (QED) is 0.709. The molecule has 7 heteroatoms. The van der Waals surface area contributed by atoms with E-state index in [0.29, 0.717) is 16.8 Å². The summed E-state index contributed by atoms with van der Waals surface area (Å²) >= 11 is 0. The third-order valence-corrected chi connectivity index (χ3v) is 4.18. The number of para-hydroxylation sites is 1. The Balaban J connectivity index is 2.17. The molecule has 2 aromatic rings. The molecule has 0 radical (unpaired) electrons. The van der Waals surface area contributed by atoms with E-state index in [4.69, 9.17) is 5.11 Å². The van der Waals surface area contributed by atoms with Gasteiger partial charge < -0.3 is 15.1 Å². The lowest BCUT2D eigenvalue weighted by atomic mass is 10.1. The number of anilines is 1. The molecular formula is C14H15N2O4P. The van der Waals surface area contributed by atoms with Crippen molar-refractivity contribution in [2.75, 3.05) is 5.09 Å². The van der Waals surface area contributed by atoms with E-state index in [1.807, 2.05) is 0 Å². The predicted octanol–water partition coefficient (Wildman–Crippen LogP) is 2.51. The van der Waals surface area contributed by atoms with Crippen LogP contribution in [-0.2, 0) is 21.9 Å². The summed E-state index contributed by atoms with van der Waals surface area (Å²) in [6.45, 7) is 0. The maximum atomic E-state index is 12.3. The van der Waals surface area contributed by atoms with E-state index in [1.165, 1.54) is 0 Å². The van der Waals surface area contributed by atoms with Crippen LogP contribution in [0.1, 0.15) is 11.1 Å². The van der Waals surface area contributed by atoms with Crippen LogP contribution >= 0.6 is 7.52 Å². The van der Waals surface area contributed by atoms with Crippen LogP contribution in [0.25, 0.3) is 0 Å². The van der Waals surface area contributed by atoms with E-state index in [0.717, 1.165) is 0 Å². The number of pyridine rings is 1. The average molecular weight is 306 g/mol. The maximum absolute atomic E-state index is 12.3. The summed E-state index contributed by atoms with van der Waals surface area (Å²) in [5.41, 5.74) is 1.51. The predicted molar refractivity (Wildman–Crippen MR) is 79.2 cm³/mol. The van der Waals surface area contributed by atoms with Crippen LogP contribution in [0.3, 0.4) is 0 Å². The highest BCUT2D eigenvalue weighted by molar-refractivity contribution is 7.58. The van der Waals surface area contributed by atoms with E-state index < -0.39 is 13.5 Å². The minimum atomic E-state index is -3.68. The second-order valence-corrected chi connectivity index (χ2v) is 6.50. The van der Waals surface area contributed by atoms with Crippen LogP contribution in [0.4, 0.5) is 5.69 Å². The minimum Gasteiger partial charge on any atom is -0.481 e. The molecule has 1 atom stereocenters. The first-order valence-electron chi connectivity index (χ1n) is 6.25. The molecule has 2 rings (SSSR count). The van der Waals surface area contributed by atoms with Gasteiger partial charge in [-0.3, -0.25) is 14.3 Å². The van der Waals surface area contributed by atoms with Crippen molar-refractivity contribution in [3.05, 3.63) is 59.9 Å². The van der Waals surface area contributed by atoms with Gasteiger partial charge in [-0.1, -0.05) is 18.2 Å². The fourth-order valence-corrected chi connectivity index (χ4v) is 3.29. The third kappa shape index (κ3) is 4.70. The highest BCUT2D eigenvalue weighted by Crippen LogP contribution is 2.45. The topological polar surface area (TPSA) is 99.5 Å². The van der Waals surface area contributed by atoms with Gasteiger partial charge in [-0.05, 0) is 29.3 Å². The van der Waals surface area contributed by atoms with Crippen LogP contribution in [0.2, 0.25) is 0 Å². The van der Waals surface area contributed by atoms with Gasteiger partial charge in [0.15, 0.2) is 0 Å². The largest absolute Gasteiger partial charge is 0.481 e. The number of nitrogens with zero attached hydrogens (tertiary/aromatic N) is 1. The van der Waals surface area contributed by atoms with Crippen LogP contribution in [-0.4, -0.2) is 21.0 Å². The van der Waals surface area contributed by atoms with Gasteiger partial charge in [0.25, 0.3) is 7.52 Å². The zero-order chi connectivity index (χ0) is 15.3. The number of rotatable bonds is 6. The van der Waals surface area contributed by atoms with Crippen LogP contribution in [0, 0.1) is 0 Å². The average Bonchev–Trinajstić information content (AvgIpc) is 2.41. The van der Waals surface area contributed by atoms with Gasteiger partial charge in [-0.2, -0.15) is 0 Å². The van der Waals surface area contributed by atoms with Gasteiger partial charge in [0.2, 0.25) is 0 Å². The molecule has 0 spiro atoms. The summed E-state index contributed by atoms with van der Waals surface area (Å²) in [6, 6.07) is 9.90. The first kappa shape index (κ1) is 15.2. The number of nitrogens with one attached hydrogen (secondary N) is 1. The second-order valence-electron chi connectivity index (χ2n) is 4.55. The molecule has 0 amide bonds. The number of hydrogen-bond donors (Lipinski definition) is 3. The lowest BCUT2D eigenvalue weighted by molar-refractivity contribution is -0.136.